The summed E-state index contributed by atoms with van der Waals surface area (Å²) < 4.78 is 26.3. The highest BCUT2D eigenvalue weighted by Crippen LogP contribution is 2.28. The number of hydrogen-bond donors (Lipinski definition) is 1. The molecule has 1 heterocycles. The molecule has 2 aromatic rings. The van der Waals surface area contributed by atoms with Crippen LogP contribution in [0.4, 0.5) is 20.4 Å². The van der Waals surface area contributed by atoms with E-state index in [1.165, 1.54) is 0 Å². The van der Waals surface area contributed by atoms with E-state index in [0.29, 0.717) is 6.07 Å². The first kappa shape index (κ1) is 13.2. The van der Waals surface area contributed by atoms with Gasteiger partial charge < -0.3 is 5.32 Å². The van der Waals surface area contributed by atoms with Crippen LogP contribution >= 0.6 is 34.8 Å². The van der Waals surface area contributed by atoms with Gasteiger partial charge in [-0.15, -0.1) is 0 Å². The monoisotopic (exact) mass is 310 g/mol. The zero-order chi connectivity index (χ0) is 13.3. The molecule has 0 atom stereocenters. The Morgan fingerprint density at radius 2 is 1.56 bits per heavy atom. The summed E-state index contributed by atoms with van der Waals surface area (Å²) in [5.41, 5.74) is -0.184. The quantitative estimate of drug-likeness (QED) is 0.915. The van der Waals surface area contributed by atoms with Gasteiger partial charge in [-0.05, 0) is 29.3 Å². The maximum Gasteiger partial charge on any atom is 0.232 e. The molecule has 0 saturated heterocycles. The van der Waals surface area contributed by atoms with E-state index in [2.05, 4.69) is 20.3 Å². The minimum absolute atomic E-state index is 0.104. The summed E-state index contributed by atoms with van der Waals surface area (Å²) in [7, 11) is 0. The van der Waals surface area contributed by atoms with Crippen molar-refractivity contribution in [1.29, 1.82) is 0 Å². The second kappa shape index (κ2) is 5.17. The molecule has 0 aliphatic heterocycles. The molecule has 0 aliphatic rings. The minimum Gasteiger partial charge on any atom is -0.320 e. The standard InChI is InChI=1S/C9H3Cl3F2N4/c10-4-1-3(13)2-5(14)6(4)15-9-17-7(11)16-8(12)18-9/h1-2H,(H,15,16,17,18). The fourth-order valence-corrected chi connectivity index (χ4v) is 1.76. The average molecular weight is 312 g/mol. The van der Waals surface area contributed by atoms with Gasteiger partial charge in [0.15, 0.2) is 5.82 Å². The number of anilines is 2. The number of rotatable bonds is 2. The van der Waals surface area contributed by atoms with Crippen LogP contribution in [-0.2, 0) is 0 Å². The van der Waals surface area contributed by atoms with Gasteiger partial charge in [0.25, 0.3) is 0 Å². The van der Waals surface area contributed by atoms with Crippen molar-refractivity contribution in [2.24, 2.45) is 0 Å². The summed E-state index contributed by atoms with van der Waals surface area (Å²) in [4.78, 5) is 10.8. The van der Waals surface area contributed by atoms with E-state index in [0.717, 1.165) is 6.07 Å². The van der Waals surface area contributed by atoms with Gasteiger partial charge >= 0.3 is 0 Å². The summed E-state index contributed by atoms with van der Waals surface area (Å²) >= 11 is 16.8. The fourth-order valence-electron chi connectivity index (χ4n) is 1.16. The molecule has 0 unspecified atom stereocenters. The van der Waals surface area contributed by atoms with Crippen molar-refractivity contribution in [3.63, 3.8) is 0 Å². The van der Waals surface area contributed by atoms with Crippen molar-refractivity contribution in [2.75, 3.05) is 5.32 Å². The molecular formula is C9H3Cl3F2N4. The van der Waals surface area contributed by atoms with Crippen LogP contribution in [-0.4, -0.2) is 15.0 Å². The summed E-state index contributed by atoms with van der Waals surface area (Å²) in [6.07, 6.45) is 0. The molecule has 1 N–H and O–H groups in total. The summed E-state index contributed by atoms with van der Waals surface area (Å²) in [6.45, 7) is 0. The predicted octanol–water partition coefficient (Wildman–Crippen LogP) is 3.85. The minimum atomic E-state index is -0.896. The van der Waals surface area contributed by atoms with Crippen molar-refractivity contribution >= 4 is 46.4 Å². The fraction of sp³-hybridized carbons (Fsp3) is 0. The molecule has 0 spiro atoms. The molecule has 2 rings (SSSR count). The first-order valence-corrected chi connectivity index (χ1v) is 5.58. The molecule has 1 aromatic heterocycles. The number of hydrogen-bond acceptors (Lipinski definition) is 4. The first-order chi connectivity index (χ1) is 8.45. The zero-order valence-electron chi connectivity index (χ0n) is 8.39. The highest BCUT2D eigenvalue weighted by Gasteiger charge is 2.12. The van der Waals surface area contributed by atoms with Crippen molar-refractivity contribution in [3.8, 4) is 0 Å². The average Bonchev–Trinajstić information content (AvgIpc) is 2.22. The molecule has 0 saturated carbocycles. The van der Waals surface area contributed by atoms with Gasteiger partial charge in [-0.2, -0.15) is 15.0 Å². The van der Waals surface area contributed by atoms with E-state index in [4.69, 9.17) is 34.8 Å². The molecule has 0 amide bonds. The molecular weight excluding hydrogens is 308 g/mol. The maximum absolute atomic E-state index is 13.5. The molecule has 4 nitrogen and oxygen atoms in total. The molecule has 1 aromatic carbocycles. The molecule has 0 aliphatic carbocycles. The van der Waals surface area contributed by atoms with Gasteiger partial charge in [-0.1, -0.05) is 11.6 Å². The molecule has 9 heteroatoms. The van der Waals surface area contributed by atoms with Crippen LogP contribution in [0.25, 0.3) is 0 Å². The molecule has 94 valence electrons. The Bertz CT molecular complexity index is 565. The van der Waals surface area contributed by atoms with Gasteiger partial charge in [-0.3, -0.25) is 0 Å². The van der Waals surface area contributed by atoms with Crippen LogP contribution in [0.15, 0.2) is 12.1 Å². The Morgan fingerprint density at radius 3 is 2.11 bits per heavy atom. The summed E-state index contributed by atoms with van der Waals surface area (Å²) in [5.74, 6) is -1.80. The van der Waals surface area contributed by atoms with Gasteiger partial charge in [0, 0.05) is 6.07 Å². The van der Waals surface area contributed by atoms with E-state index in [1.54, 1.807) is 0 Å². The van der Waals surface area contributed by atoms with Crippen LogP contribution in [0, 0.1) is 11.6 Å². The largest absolute Gasteiger partial charge is 0.320 e. The lowest BCUT2D eigenvalue weighted by molar-refractivity contribution is 0.586. The van der Waals surface area contributed by atoms with Crippen molar-refractivity contribution in [1.82, 2.24) is 15.0 Å². The molecule has 0 bridgehead atoms. The number of nitrogens with one attached hydrogen (secondary N) is 1. The number of benzene rings is 1. The second-order valence-electron chi connectivity index (χ2n) is 3.07. The van der Waals surface area contributed by atoms with Crippen LogP contribution in [0.3, 0.4) is 0 Å². The third-order valence-electron chi connectivity index (χ3n) is 1.82. The van der Waals surface area contributed by atoms with Crippen molar-refractivity contribution in [3.05, 3.63) is 39.4 Å². The number of halogens is 5. The molecule has 0 fully saturated rings. The second-order valence-corrected chi connectivity index (χ2v) is 4.15. The topological polar surface area (TPSA) is 50.7 Å². The van der Waals surface area contributed by atoms with Gasteiger partial charge in [0.2, 0.25) is 16.5 Å². The van der Waals surface area contributed by atoms with E-state index < -0.39 is 11.6 Å². The lowest BCUT2D eigenvalue weighted by atomic mass is 10.3. The zero-order valence-corrected chi connectivity index (χ0v) is 10.7. The van der Waals surface area contributed by atoms with Crippen LogP contribution in [0.5, 0.6) is 0 Å². The van der Waals surface area contributed by atoms with Gasteiger partial charge in [-0.25, -0.2) is 8.78 Å². The third-order valence-corrected chi connectivity index (χ3v) is 2.46. The smallest absolute Gasteiger partial charge is 0.232 e. The Hall–Kier alpha value is -1.24. The van der Waals surface area contributed by atoms with E-state index in [9.17, 15) is 8.78 Å². The summed E-state index contributed by atoms with van der Waals surface area (Å²) in [6, 6.07) is 1.61. The lowest BCUT2D eigenvalue weighted by Gasteiger charge is -2.08. The van der Waals surface area contributed by atoms with Crippen LogP contribution in [0.2, 0.25) is 15.6 Å². The summed E-state index contributed by atoms with van der Waals surface area (Å²) in [5, 5.41) is 1.94. The van der Waals surface area contributed by atoms with E-state index in [1.807, 2.05) is 0 Å². The van der Waals surface area contributed by atoms with Crippen molar-refractivity contribution in [2.45, 2.75) is 0 Å². The number of nitrogens with zero attached hydrogens (tertiary/aromatic N) is 3. The predicted molar refractivity (Wildman–Crippen MR) is 64.5 cm³/mol. The van der Waals surface area contributed by atoms with E-state index in [-0.39, 0.29) is 27.2 Å². The van der Waals surface area contributed by atoms with Crippen molar-refractivity contribution < 1.29 is 8.78 Å². The highest BCUT2D eigenvalue weighted by molar-refractivity contribution is 6.33. The Balaban J connectivity index is 2.40. The Kier molecular flexibility index (Phi) is 3.79. The molecule has 18 heavy (non-hydrogen) atoms. The van der Waals surface area contributed by atoms with Gasteiger partial charge in [0.1, 0.15) is 5.82 Å². The molecule has 0 radical (unpaired) electrons. The third kappa shape index (κ3) is 2.95. The van der Waals surface area contributed by atoms with Gasteiger partial charge in [0.05, 0.1) is 10.7 Å². The highest BCUT2D eigenvalue weighted by atomic mass is 35.5. The Morgan fingerprint density at radius 1 is 0.944 bits per heavy atom. The van der Waals surface area contributed by atoms with Crippen LogP contribution in [0.1, 0.15) is 0 Å². The Labute approximate surface area is 115 Å². The maximum atomic E-state index is 13.5. The SMILES string of the molecule is Fc1cc(F)c(Nc2nc(Cl)nc(Cl)n2)c(Cl)c1. The normalized spacial score (nSPS) is 10.5. The lowest BCUT2D eigenvalue weighted by Crippen LogP contribution is -2.02. The number of aromatic nitrogens is 3. The van der Waals surface area contributed by atoms with E-state index >= 15 is 0 Å². The van der Waals surface area contributed by atoms with Crippen LogP contribution < -0.4 is 5.32 Å². The first-order valence-electron chi connectivity index (χ1n) is 4.44.